The summed E-state index contributed by atoms with van der Waals surface area (Å²) in [6.07, 6.45) is 6.66. The Balaban J connectivity index is 1.65. The fraction of sp³-hybridized carbons (Fsp3) is 0.526. The molecule has 132 valence electrons. The number of nitrogens with zero attached hydrogens (tertiary/aromatic N) is 4. The van der Waals surface area contributed by atoms with E-state index >= 15 is 0 Å². The molecule has 2 aromatic heterocycles. The number of nitrogens with one attached hydrogen (secondary N) is 2. The lowest BCUT2D eigenvalue weighted by atomic mass is 9.96. The van der Waals surface area contributed by atoms with Gasteiger partial charge < -0.3 is 15.5 Å². The lowest BCUT2D eigenvalue weighted by Crippen LogP contribution is -2.29. The number of rotatable bonds is 4. The monoisotopic (exact) mass is 338 g/mol. The smallest absolute Gasteiger partial charge is 0.227 e. The first-order valence-electron chi connectivity index (χ1n) is 9.32. The molecule has 0 spiro atoms. The molecule has 6 heteroatoms. The van der Waals surface area contributed by atoms with E-state index in [4.69, 9.17) is 9.97 Å². The van der Waals surface area contributed by atoms with Gasteiger partial charge in [-0.1, -0.05) is 0 Å². The van der Waals surface area contributed by atoms with Crippen LogP contribution >= 0.6 is 0 Å². The average Bonchev–Trinajstić information content (AvgIpc) is 3.17. The van der Waals surface area contributed by atoms with E-state index < -0.39 is 0 Å². The van der Waals surface area contributed by atoms with Crippen LogP contribution in [0.15, 0.2) is 24.4 Å². The number of hydrogen-bond donors (Lipinski definition) is 2. The lowest BCUT2D eigenvalue weighted by Gasteiger charge is -2.24. The summed E-state index contributed by atoms with van der Waals surface area (Å²) in [5.74, 6) is 2.99. The van der Waals surface area contributed by atoms with Crippen LogP contribution in [0.2, 0.25) is 0 Å². The topological polar surface area (TPSA) is 66.0 Å². The minimum Gasteiger partial charge on any atom is -0.341 e. The molecule has 2 fully saturated rings. The minimum absolute atomic E-state index is 0.462. The first kappa shape index (κ1) is 16.3. The van der Waals surface area contributed by atoms with E-state index in [9.17, 15) is 0 Å². The molecular formula is C19H26N6. The van der Waals surface area contributed by atoms with Crippen molar-refractivity contribution < 1.29 is 0 Å². The van der Waals surface area contributed by atoms with Crippen LogP contribution in [0.4, 0.5) is 17.6 Å². The van der Waals surface area contributed by atoms with Crippen LogP contribution in [0.3, 0.4) is 0 Å². The molecule has 2 saturated heterocycles. The molecule has 0 amide bonds. The van der Waals surface area contributed by atoms with E-state index in [0.717, 1.165) is 49.5 Å². The largest absolute Gasteiger partial charge is 0.341 e. The first-order valence-corrected chi connectivity index (χ1v) is 9.32. The molecule has 0 bridgehead atoms. The van der Waals surface area contributed by atoms with Crippen molar-refractivity contribution in [3.05, 3.63) is 35.7 Å². The van der Waals surface area contributed by atoms with Crippen LogP contribution in [0, 0.1) is 6.92 Å². The Labute approximate surface area is 149 Å². The summed E-state index contributed by atoms with van der Waals surface area (Å²) in [5.41, 5.74) is 2.32. The Bertz CT molecular complexity index is 720. The Morgan fingerprint density at radius 3 is 2.76 bits per heavy atom. The molecule has 1 atom stereocenters. The van der Waals surface area contributed by atoms with E-state index in [1.54, 1.807) is 0 Å². The predicted molar refractivity (Wildman–Crippen MR) is 101 cm³/mol. The highest BCUT2D eigenvalue weighted by molar-refractivity contribution is 5.55. The van der Waals surface area contributed by atoms with Gasteiger partial charge in [-0.3, -0.25) is 0 Å². The van der Waals surface area contributed by atoms with Crippen LogP contribution in [-0.4, -0.2) is 41.1 Å². The summed E-state index contributed by atoms with van der Waals surface area (Å²) in [5, 5.41) is 6.87. The molecule has 0 aromatic carbocycles. The van der Waals surface area contributed by atoms with Gasteiger partial charge in [0.25, 0.3) is 0 Å². The number of anilines is 3. The third kappa shape index (κ3) is 3.90. The molecule has 0 radical (unpaired) electrons. The molecule has 0 aliphatic carbocycles. The maximum absolute atomic E-state index is 4.91. The van der Waals surface area contributed by atoms with Crippen LogP contribution in [0.5, 0.6) is 0 Å². The zero-order valence-electron chi connectivity index (χ0n) is 14.8. The van der Waals surface area contributed by atoms with Crippen LogP contribution in [-0.2, 0) is 0 Å². The van der Waals surface area contributed by atoms with Crippen molar-refractivity contribution in [2.75, 3.05) is 36.4 Å². The van der Waals surface area contributed by atoms with Crippen molar-refractivity contribution >= 4 is 17.6 Å². The fourth-order valence-electron chi connectivity index (χ4n) is 3.62. The van der Waals surface area contributed by atoms with Gasteiger partial charge in [-0.15, -0.1) is 0 Å². The number of aryl methyl sites for hydroxylation is 1. The number of hydrogen-bond acceptors (Lipinski definition) is 6. The van der Waals surface area contributed by atoms with Crippen LogP contribution in [0.25, 0.3) is 0 Å². The molecule has 1 unspecified atom stereocenters. The Kier molecular flexibility index (Phi) is 4.78. The Hall–Kier alpha value is -2.21. The Morgan fingerprint density at radius 2 is 2.00 bits per heavy atom. The third-order valence-corrected chi connectivity index (χ3v) is 5.01. The van der Waals surface area contributed by atoms with Crippen LogP contribution in [0.1, 0.15) is 42.9 Å². The van der Waals surface area contributed by atoms with Crippen molar-refractivity contribution in [2.24, 2.45) is 0 Å². The van der Waals surface area contributed by atoms with E-state index in [2.05, 4.69) is 33.5 Å². The zero-order valence-corrected chi connectivity index (χ0v) is 14.8. The Morgan fingerprint density at radius 1 is 1.12 bits per heavy atom. The van der Waals surface area contributed by atoms with E-state index in [0.29, 0.717) is 5.92 Å². The molecule has 2 aliphatic heterocycles. The van der Waals surface area contributed by atoms with Crippen LogP contribution < -0.4 is 15.5 Å². The number of piperidine rings is 1. The normalized spacial score (nSPS) is 20.7. The van der Waals surface area contributed by atoms with Crippen molar-refractivity contribution in [1.29, 1.82) is 0 Å². The highest BCUT2D eigenvalue weighted by atomic mass is 15.3. The summed E-state index contributed by atoms with van der Waals surface area (Å²) in [4.78, 5) is 16.4. The molecule has 2 aliphatic rings. The van der Waals surface area contributed by atoms with Crippen molar-refractivity contribution in [3.63, 3.8) is 0 Å². The van der Waals surface area contributed by atoms with E-state index in [-0.39, 0.29) is 0 Å². The maximum atomic E-state index is 4.91. The molecule has 4 heterocycles. The second-order valence-electron chi connectivity index (χ2n) is 7.06. The maximum Gasteiger partial charge on any atom is 0.227 e. The lowest BCUT2D eigenvalue weighted by molar-refractivity contribution is 0.454. The predicted octanol–water partition coefficient (Wildman–Crippen LogP) is 2.99. The standard InChI is InChI=1S/C19H26N6/c1-14-6-8-21-17(11-14)23-18-12-16(15-5-4-7-20-13-15)22-19(24-18)25-9-2-3-10-25/h6,8,11-12,15,20H,2-5,7,9-10,13H2,1H3,(H,21,22,23,24). The molecule has 2 aromatic rings. The molecule has 6 nitrogen and oxygen atoms in total. The minimum atomic E-state index is 0.462. The average molecular weight is 338 g/mol. The van der Waals surface area contributed by atoms with Crippen molar-refractivity contribution in [3.8, 4) is 0 Å². The summed E-state index contributed by atoms with van der Waals surface area (Å²) in [6.45, 7) is 6.28. The van der Waals surface area contributed by atoms with Crippen molar-refractivity contribution in [2.45, 2.75) is 38.5 Å². The highest BCUT2D eigenvalue weighted by Crippen LogP contribution is 2.27. The van der Waals surface area contributed by atoms with Gasteiger partial charge in [0.1, 0.15) is 11.6 Å². The second kappa shape index (κ2) is 7.35. The molecule has 0 saturated carbocycles. The number of aromatic nitrogens is 3. The van der Waals surface area contributed by atoms with Gasteiger partial charge in [0, 0.05) is 37.8 Å². The van der Waals surface area contributed by atoms with Gasteiger partial charge >= 0.3 is 0 Å². The van der Waals surface area contributed by atoms with Gasteiger partial charge in [-0.05, 0) is 56.8 Å². The first-order chi connectivity index (χ1) is 12.3. The molecule has 2 N–H and O–H groups in total. The van der Waals surface area contributed by atoms with E-state index in [1.165, 1.54) is 31.2 Å². The van der Waals surface area contributed by atoms with E-state index in [1.807, 2.05) is 18.3 Å². The summed E-state index contributed by atoms with van der Waals surface area (Å²) in [7, 11) is 0. The third-order valence-electron chi connectivity index (χ3n) is 5.01. The SMILES string of the molecule is Cc1ccnc(Nc2cc(C3CCCNC3)nc(N3CCCC3)n2)c1. The van der Waals surface area contributed by atoms with Gasteiger partial charge in [-0.25, -0.2) is 9.97 Å². The number of pyridine rings is 1. The summed E-state index contributed by atoms with van der Waals surface area (Å²) < 4.78 is 0. The van der Waals surface area contributed by atoms with Gasteiger partial charge in [-0.2, -0.15) is 4.98 Å². The zero-order chi connectivity index (χ0) is 17.1. The quantitative estimate of drug-likeness (QED) is 0.893. The van der Waals surface area contributed by atoms with Crippen molar-refractivity contribution in [1.82, 2.24) is 20.3 Å². The van der Waals surface area contributed by atoms with Gasteiger partial charge in [0.05, 0.1) is 5.69 Å². The summed E-state index contributed by atoms with van der Waals surface area (Å²) in [6, 6.07) is 6.14. The molecule has 25 heavy (non-hydrogen) atoms. The fourth-order valence-corrected chi connectivity index (χ4v) is 3.62. The second-order valence-corrected chi connectivity index (χ2v) is 7.06. The highest BCUT2D eigenvalue weighted by Gasteiger charge is 2.21. The molecule has 4 rings (SSSR count). The summed E-state index contributed by atoms with van der Waals surface area (Å²) >= 11 is 0. The van der Waals surface area contributed by atoms with Gasteiger partial charge in [0.15, 0.2) is 0 Å². The van der Waals surface area contributed by atoms with Gasteiger partial charge in [0.2, 0.25) is 5.95 Å². The molecular weight excluding hydrogens is 312 g/mol.